The van der Waals surface area contributed by atoms with Crippen molar-refractivity contribution in [1.82, 2.24) is 24.7 Å². The molecule has 0 spiro atoms. The molecule has 1 saturated heterocycles. The van der Waals surface area contributed by atoms with E-state index in [0.717, 1.165) is 29.8 Å². The Morgan fingerprint density at radius 1 is 1.18 bits per heavy atom. The van der Waals surface area contributed by atoms with Gasteiger partial charge in [0.05, 0.1) is 28.9 Å². The molecule has 34 heavy (non-hydrogen) atoms. The summed E-state index contributed by atoms with van der Waals surface area (Å²) in [5.74, 6) is 2.44. The molecule has 12 heteroatoms. The fourth-order valence-electron chi connectivity index (χ4n) is 3.55. The first kappa shape index (κ1) is 24.1. The summed E-state index contributed by atoms with van der Waals surface area (Å²) in [6.07, 6.45) is 4.67. The van der Waals surface area contributed by atoms with Crippen LogP contribution in [0.2, 0.25) is 0 Å². The summed E-state index contributed by atoms with van der Waals surface area (Å²) in [5.41, 5.74) is 0.983. The fourth-order valence-corrected chi connectivity index (χ4v) is 3.89. The molecule has 4 rings (SSSR count). The van der Waals surface area contributed by atoms with E-state index in [1.54, 1.807) is 26.1 Å². The van der Waals surface area contributed by atoms with Crippen LogP contribution >= 0.6 is 0 Å². The zero-order valence-electron chi connectivity index (χ0n) is 20.2. The first-order valence-electron chi connectivity index (χ1n) is 11.3. The molecule has 1 aliphatic heterocycles. The van der Waals surface area contributed by atoms with Crippen LogP contribution in [0.5, 0.6) is 0 Å². The molecule has 0 aromatic carbocycles. The summed E-state index contributed by atoms with van der Waals surface area (Å²) in [5, 5.41) is 12.1. The number of fused-ring (bicyclic) bond motifs is 1. The lowest BCUT2D eigenvalue weighted by atomic mass is 10.2. The first-order valence-corrected chi connectivity index (χ1v) is 13.2. The Morgan fingerprint density at radius 3 is 2.59 bits per heavy atom. The van der Waals surface area contributed by atoms with Gasteiger partial charge < -0.3 is 20.3 Å². The van der Waals surface area contributed by atoms with E-state index in [0.29, 0.717) is 30.8 Å². The third-order valence-corrected chi connectivity index (χ3v) is 8.11. The standard InChI is InChI=1S/C22H32N8O3S/c1-15(2)30-17-12-19(24-13-16(17)20(28-30)29-8-10-33-11-9-29)26-18-6-7-23-21(27-18)25-14-22(3,4)34(5,31)32/h6-7,12-13,15H,8-11,14H2,1-5H3,(H2,23,24,25,26,27). The van der Waals surface area contributed by atoms with Gasteiger partial charge in [0.1, 0.15) is 11.6 Å². The zero-order valence-corrected chi connectivity index (χ0v) is 21.1. The molecule has 184 valence electrons. The Labute approximate surface area is 199 Å². The highest BCUT2D eigenvalue weighted by Crippen LogP contribution is 2.30. The molecule has 11 nitrogen and oxygen atoms in total. The van der Waals surface area contributed by atoms with E-state index < -0.39 is 14.6 Å². The number of nitrogens with one attached hydrogen (secondary N) is 2. The maximum Gasteiger partial charge on any atom is 0.224 e. The number of morpholine rings is 1. The number of anilines is 4. The molecular weight excluding hydrogens is 456 g/mol. The van der Waals surface area contributed by atoms with E-state index >= 15 is 0 Å². The number of ether oxygens (including phenoxy) is 1. The van der Waals surface area contributed by atoms with Gasteiger partial charge in [-0.05, 0) is 33.8 Å². The second-order valence-corrected chi connectivity index (χ2v) is 12.0. The number of nitrogens with zero attached hydrogens (tertiary/aromatic N) is 6. The van der Waals surface area contributed by atoms with E-state index in [1.807, 2.05) is 16.9 Å². The molecule has 0 bridgehead atoms. The summed E-state index contributed by atoms with van der Waals surface area (Å²) in [6.45, 7) is 10.7. The maximum atomic E-state index is 11.9. The highest BCUT2D eigenvalue weighted by molar-refractivity contribution is 7.92. The molecule has 2 N–H and O–H groups in total. The van der Waals surface area contributed by atoms with Crippen LogP contribution in [0.1, 0.15) is 33.7 Å². The molecule has 4 heterocycles. The molecule has 0 saturated carbocycles. The Morgan fingerprint density at radius 2 is 1.91 bits per heavy atom. The molecule has 1 aliphatic rings. The van der Waals surface area contributed by atoms with Crippen molar-refractivity contribution in [2.75, 3.05) is 54.6 Å². The molecule has 3 aromatic heterocycles. The number of hydrogen-bond acceptors (Lipinski definition) is 10. The summed E-state index contributed by atoms with van der Waals surface area (Å²) in [4.78, 5) is 15.5. The summed E-state index contributed by atoms with van der Waals surface area (Å²) >= 11 is 0. The van der Waals surface area contributed by atoms with Crippen LogP contribution in [-0.4, -0.2) is 77.0 Å². The summed E-state index contributed by atoms with van der Waals surface area (Å²) < 4.78 is 30.4. The minimum Gasteiger partial charge on any atom is -0.378 e. The second kappa shape index (κ2) is 9.34. The largest absolute Gasteiger partial charge is 0.378 e. The summed E-state index contributed by atoms with van der Waals surface area (Å²) in [6, 6.07) is 3.88. The van der Waals surface area contributed by atoms with Crippen molar-refractivity contribution in [3.05, 3.63) is 24.5 Å². The number of rotatable bonds is 8. The van der Waals surface area contributed by atoms with Crippen LogP contribution in [0.15, 0.2) is 24.5 Å². The van der Waals surface area contributed by atoms with Crippen molar-refractivity contribution in [2.24, 2.45) is 0 Å². The average molecular weight is 489 g/mol. The number of pyridine rings is 1. The van der Waals surface area contributed by atoms with Crippen molar-refractivity contribution in [2.45, 2.75) is 38.5 Å². The predicted molar refractivity (Wildman–Crippen MR) is 134 cm³/mol. The Bertz CT molecular complexity index is 1270. The number of sulfone groups is 1. The first-order chi connectivity index (χ1) is 16.0. The third-order valence-electron chi connectivity index (χ3n) is 5.96. The van der Waals surface area contributed by atoms with Crippen molar-refractivity contribution in [3.8, 4) is 0 Å². The minimum atomic E-state index is -3.23. The predicted octanol–water partition coefficient (Wildman–Crippen LogP) is 2.62. The highest BCUT2D eigenvalue weighted by Gasteiger charge is 2.30. The Kier molecular flexibility index (Phi) is 6.63. The van der Waals surface area contributed by atoms with Gasteiger partial charge in [0.2, 0.25) is 5.95 Å². The second-order valence-electron chi connectivity index (χ2n) is 9.32. The minimum absolute atomic E-state index is 0.181. The average Bonchev–Trinajstić information content (AvgIpc) is 3.17. The van der Waals surface area contributed by atoms with Crippen LogP contribution in [0.25, 0.3) is 10.9 Å². The van der Waals surface area contributed by atoms with Gasteiger partial charge in [-0.2, -0.15) is 10.1 Å². The molecule has 1 fully saturated rings. The van der Waals surface area contributed by atoms with E-state index in [-0.39, 0.29) is 12.6 Å². The van der Waals surface area contributed by atoms with Gasteiger partial charge in [-0.15, -0.1) is 0 Å². The lowest BCUT2D eigenvalue weighted by Gasteiger charge is -2.26. The maximum absolute atomic E-state index is 11.9. The SMILES string of the molecule is CC(C)n1nc(N2CCOCC2)c2cnc(Nc3ccnc(NCC(C)(C)S(C)(=O)=O)n3)cc21. The van der Waals surface area contributed by atoms with Crippen LogP contribution in [0.4, 0.5) is 23.4 Å². The van der Waals surface area contributed by atoms with Crippen molar-refractivity contribution in [3.63, 3.8) is 0 Å². The number of hydrogen-bond donors (Lipinski definition) is 2. The van der Waals surface area contributed by atoms with Crippen LogP contribution < -0.4 is 15.5 Å². The van der Waals surface area contributed by atoms with E-state index in [2.05, 4.69) is 44.3 Å². The molecule has 0 unspecified atom stereocenters. The molecule has 0 atom stereocenters. The van der Waals surface area contributed by atoms with Gasteiger partial charge in [0, 0.05) is 50.4 Å². The topological polar surface area (TPSA) is 127 Å². The lowest BCUT2D eigenvalue weighted by Crippen LogP contribution is -2.38. The molecule has 3 aromatic rings. The van der Waals surface area contributed by atoms with Gasteiger partial charge in [-0.25, -0.2) is 18.4 Å². The van der Waals surface area contributed by atoms with Crippen molar-refractivity contribution < 1.29 is 13.2 Å². The molecule has 0 aliphatic carbocycles. The van der Waals surface area contributed by atoms with Gasteiger partial charge in [-0.1, -0.05) is 0 Å². The van der Waals surface area contributed by atoms with E-state index in [1.165, 1.54) is 6.26 Å². The van der Waals surface area contributed by atoms with Crippen LogP contribution in [-0.2, 0) is 14.6 Å². The summed E-state index contributed by atoms with van der Waals surface area (Å²) in [7, 11) is -3.23. The van der Waals surface area contributed by atoms with E-state index in [4.69, 9.17) is 9.84 Å². The number of aromatic nitrogens is 5. The van der Waals surface area contributed by atoms with Gasteiger partial charge >= 0.3 is 0 Å². The molecule has 0 amide bonds. The molecule has 0 radical (unpaired) electrons. The highest BCUT2D eigenvalue weighted by atomic mass is 32.2. The third kappa shape index (κ3) is 5.07. The normalized spacial score (nSPS) is 15.2. The smallest absolute Gasteiger partial charge is 0.224 e. The van der Waals surface area contributed by atoms with Crippen molar-refractivity contribution >= 4 is 44.1 Å². The zero-order chi connectivity index (χ0) is 24.5. The Hall–Kier alpha value is -2.99. The monoisotopic (exact) mass is 488 g/mol. The fraction of sp³-hybridized carbons (Fsp3) is 0.545. The van der Waals surface area contributed by atoms with Crippen LogP contribution in [0.3, 0.4) is 0 Å². The van der Waals surface area contributed by atoms with Crippen molar-refractivity contribution in [1.29, 1.82) is 0 Å². The van der Waals surface area contributed by atoms with Crippen LogP contribution in [0, 0.1) is 0 Å². The van der Waals surface area contributed by atoms with Gasteiger partial charge in [-0.3, -0.25) is 4.68 Å². The van der Waals surface area contributed by atoms with Gasteiger partial charge in [0.25, 0.3) is 0 Å². The van der Waals surface area contributed by atoms with E-state index in [9.17, 15) is 8.42 Å². The Balaban J connectivity index is 1.57. The lowest BCUT2D eigenvalue weighted by molar-refractivity contribution is 0.122. The van der Waals surface area contributed by atoms with Gasteiger partial charge in [0.15, 0.2) is 15.7 Å². The molecular formula is C22H32N8O3S. The quantitative estimate of drug-likeness (QED) is 0.488.